The molecule has 2 heterocycles. The first-order chi connectivity index (χ1) is 17.4. The molecule has 1 unspecified atom stereocenters. The number of benzene rings is 2. The fourth-order valence-electron chi connectivity index (χ4n) is 5.49. The molecule has 0 saturated carbocycles. The second-order valence-electron chi connectivity index (χ2n) is 10.5. The standard InChI is InChI=1S/C30H41N3O3/c1-32(2)27-21-31-26-12-11-24(36-3)20-25(26)29(27)28(35)13-14-30(22-34)15-18-33(19-16-30)17-7-10-23-8-5-4-6-9-23/h4-6,8-9,11-12,20-21,28,34-35H,7,10,13-19,22H2,1-3H3. The zero-order chi connectivity index (χ0) is 25.5. The molecule has 1 aliphatic rings. The first-order valence-electron chi connectivity index (χ1n) is 13.1. The monoisotopic (exact) mass is 491 g/mol. The molecule has 0 bridgehead atoms. The number of fused-ring (bicyclic) bond motifs is 1. The summed E-state index contributed by atoms with van der Waals surface area (Å²) < 4.78 is 5.45. The summed E-state index contributed by atoms with van der Waals surface area (Å²) in [4.78, 5) is 9.13. The summed E-state index contributed by atoms with van der Waals surface area (Å²) in [6.45, 7) is 3.27. The van der Waals surface area contributed by atoms with Crippen LogP contribution in [-0.4, -0.2) is 67.5 Å². The lowest BCUT2D eigenvalue weighted by Crippen LogP contribution is -2.42. The van der Waals surface area contributed by atoms with E-state index in [9.17, 15) is 10.2 Å². The van der Waals surface area contributed by atoms with E-state index in [0.717, 1.165) is 79.6 Å². The molecule has 6 nitrogen and oxygen atoms in total. The number of pyridine rings is 1. The van der Waals surface area contributed by atoms with Crippen LogP contribution in [0.1, 0.15) is 49.3 Å². The minimum atomic E-state index is -0.646. The fourth-order valence-corrected chi connectivity index (χ4v) is 5.49. The van der Waals surface area contributed by atoms with E-state index in [4.69, 9.17) is 4.74 Å². The van der Waals surface area contributed by atoms with E-state index in [1.807, 2.05) is 43.4 Å². The number of hydrogen-bond donors (Lipinski definition) is 2. The van der Waals surface area contributed by atoms with Crippen molar-refractivity contribution in [2.45, 2.75) is 44.6 Å². The van der Waals surface area contributed by atoms with Crippen LogP contribution in [0.4, 0.5) is 5.69 Å². The number of likely N-dealkylation sites (tertiary alicyclic amines) is 1. The summed E-state index contributed by atoms with van der Waals surface area (Å²) in [6.07, 6.45) is 6.78. The van der Waals surface area contributed by atoms with Gasteiger partial charge in [0, 0.05) is 31.7 Å². The predicted molar refractivity (Wildman–Crippen MR) is 147 cm³/mol. The summed E-state index contributed by atoms with van der Waals surface area (Å²) in [5.41, 5.74) is 3.91. The highest BCUT2D eigenvalue weighted by Gasteiger charge is 2.34. The van der Waals surface area contributed by atoms with Crippen molar-refractivity contribution in [3.63, 3.8) is 0 Å². The predicted octanol–water partition coefficient (Wildman–Crippen LogP) is 4.83. The van der Waals surface area contributed by atoms with Gasteiger partial charge < -0.3 is 24.7 Å². The van der Waals surface area contributed by atoms with Gasteiger partial charge in [0.25, 0.3) is 0 Å². The molecule has 0 aliphatic carbocycles. The summed E-state index contributed by atoms with van der Waals surface area (Å²) in [7, 11) is 5.60. The molecule has 3 aromatic rings. The van der Waals surface area contributed by atoms with Gasteiger partial charge in [0.05, 0.1) is 30.6 Å². The lowest BCUT2D eigenvalue weighted by molar-refractivity contribution is 0.0235. The Morgan fingerprint density at radius 2 is 1.86 bits per heavy atom. The van der Waals surface area contributed by atoms with Crippen LogP contribution in [0.15, 0.2) is 54.7 Å². The normalized spacial score (nSPS) is 16.7. The van der Waals surface area contributed by atoms with Gasteiger partial charge in [0.1, 0.15) is 5.75 Å². The molecular weight excluding hydrogens is 450 g/mol. The number of rotatable bonds is 11. The molecule has 36 heavy (non-hydrogen) atoms. The molecule has 2 N–H and O–H groups in total. The van der Waals surface area contributed by atoms with E-state index in [0.29, 0.717) is 6.42 Å². The van der Waals surface area contributed by atoms with Crippen LogP contribution < -0.4 is 9.64 Å². The lowest BCUT2D eigenvalue weighted by atomic mass is 9.74. The van der Waals surface area contributed by atoms with Crippen LogP contribution in [-0.2, 0) is 6.42 Å². The Morgan fingerprint density at radius 3 is 2.53 bits per heavy atom. The summed E-state index contributed by atoms with van der Waals surface area (Å²) >= 11 is 0. The number of aliphatic hydroxyl groups excluding tert-OH is 2. The minimum absolute atomic E-state index is 0.129. The first-order valence-corrected chi connectivity index (χ1v) is 13.1. The number of aryl methyl sites for hydroxylation is 1. The van der Waals surface area contributed by atoms with Gasteiger partial charge in [-0.3, -0.25) is 4.98 Å². The Morgan fingerprint density at radius 1 is 1.11 bits per heavy atom. The number of anilines is 1. The van der Waals surface area contributed by atoms with E-state index in [1.54, 1.807) is 7.11 Å². The molecular formula is C30H41N3O3. The number of hydrogen-bond acceptors (Lipinski definition) is 6. The van der Waals surface area contributed by atoms with Crippen molar-refractivity contribution in [3.8, 4) is 5.75 Å². The van der Waals surface area contributed by atoms with Crippen LogP contribution in [0.5, 0.6) is 5.75 Å². The van der Waals surface area contributed by atoms with Crippen molar-refractivity contribution in [1.82, 2.24) is 9.88 Å². The van der Waals surface area contributed by atoms with Gasteiger partial charge >= 0.3 is 0 Å². The molecule has 1 aromatic heterocycles. The molecule has 6 heteroatoms. The van der Waals surface area contributed by atoms with E-state index in [-0.39, 0.29) is 12.0 Å². The first kappa shape index (κ1) is 26.4. The molecule has 0 amide bonds. The van der Waals surface area contributed by atoms with E-state index in [1.165, 1.54) is 5.56 Å². The van der Waals surface area contributed by atoms with Crippen LogP contribution >= 0.6 is 0 Å². The van der Waals surface area contributed by atoms with Gasteiger partial charge in [-0.05, 0) is 87.3 Å². The third kappa shape index (κ3) is 6.17. The second-order valence-corrected chi connectivity index (χ2v) is 10.5. The van der Waals surface area contributed by atoms with Gasteiger partial charge in [-0.15, -0.1) is 0 Å². The highest BCUT2D eigenvalue weighted by molar-refractivity contribution is 5.88. The Kier molecular flexibility index (Phi) is 8.83. The Bertz CT molecular complexity index is 1110. The lowest BCUT2D eigenvalue weighted by Gasteiger charge is -2.41. The van der Waals surface area contributed by atoms with E-state index >= 15 is 0 Å². The van der Waals surface area contributed by atoms with Gasteiger partial charge in [0.15, 0.2) is 0 Å². The fraction of sp³-hybridized carbons (Fsp3) is 0.500. The largest absolute Gasteiger partial charge is 0.497 e. The maximum absolute atomic E-state index is 11.4. The molecule has 0 spiro atoms. The minimum Gasteiger partial charge on any atom is -0.497 e. The summed E-state index contributed by atoms with van der Waals surface area (Å²) in [6, 6.07) is 16.5. The third-order valence-electron chi connectivity index (χ3n) is 7.89. The zero-order valence-corrected chi connectivity index (χ0v) is 22.0. The molecule has 194 valence electrons. The van der Waals surface area contributed by atoms with E-state index < -0.39 is 6.10 Å². The average Bonchev–Trinajstić information content (AvgIpc) is 2.92. The van der Waals surface area contributed by atoms with Gasteiger partial charge in [0.2, 0.25) is 0 Å². The Hall–Kier alpha value is -2.67. The van der Waals surface area contributed by atoms with Crippen molar-refractivity contribution in [2.75, 3.05) is 52.3 Å². The molecule has 4 rings (SSSR count). The molecule has 0 radical (unpaired) electrons. The number of methoxy groups -OCH3 is 1. The number of nitrogens with zero attached hydrogens (tertiary/aromatic N) is 3. The van der Waals surface area contributed by atoms with E-state index in [2.05, 4.69) is 40.2 Å². The zero-order valence-electron chi connectivity index (χ0n) is 22.0. The average molecular weight is 492 g/mol. The highest BCUT2D eigenvalue weighted by Crippen LogP contribution is 2.41. The molecule has 1 atom stereocenters. The molecule has 1 fully saturated rings. The van der Waals surface area contributed by atoms with Crippen LogP contribution in [0, 0.1) is 5.41 Å². The van der Waals surface area contributed by atoms with Crippen LogP contribution in [0.25, 0.3) is 10.9 Å². The maximum Gasteiger partial charge on any atom is 0.119 e. The molecule has 1 saturated heterocycles. The highest BCUT2D eigenvalue weighted by atomic mass is 16.5. The van der Waals surface area contributed by atoms with Crippen molar-refractivity contribution < 1.29 is 14.9 Å². The van der Waals surface area contributed by atoms with Gasteiger partial charge in [-0.1, -0.05) is 30.3 Å². The molecule has 1 aliphatic heterocycles. The number of ether oxygens (including phenoxy) is 1. The maximum atomic E-state index is 11.4. The summed E-state index contributed by atoms with van der Waals surface area (Å²) in [5, 5.41) is 22.7. The SMILES string of the molecule is COc1ccc2ncc(N(C)C)c(C(O)CCC3(CO)CCN(CCCc4ccccc4)CC3)c2c1. The number of piperidine rings is 1. The Balaban J connectivity index is 1.39. The molecule has 2 aromatic carbocycles. The van der Waals surface area contributed by atoms with Gasteiger partial charge in [-0.2, -0.15) is 0 Å². The summed E-state index contributed by atoms with van der Waals surface area (Å²) in [5.74, 6) is 0.750. The number of aromatic nitrogens is 1. The van der Waals surface area contributed by atoms with Crippen LogP contribution in [0.3, 0.4) is 0 Å². The van der Waals surface area contributed by atoms with Crippen molar-refractivity contribution in [1.29, 1.82) is 0 Å². The Labute approximate surface area is 215 Å². The van der Waals surface area contributed by atoms with Crippen molar-refractivity contribution in [2.24, 2.45) is 5.41 Å². The van der Waals surface area contributed by atoms with Gasteiger partial charge in [-0.25, -0.2) is 0 Å². The van der Waals surface area contributed by atoms with Crippen LogP contribution in [0.2, 0.25) is 0 Å². The third-order valence-corrected chi connectivity index (χ3v) is 7.89. The van der Waals surface area contributed by atoms with Crippen molar-refractivity contribution in [3.05, 3.63) is 65.9 Å². The quantitative estimate of drug-likeness (QED) is 0.400. The topological polar surface area (TPSA) is 69.1 Å². The number of aliphatic hydroxyl groups is 2. The van der Waals surface area contributed by atoms with Crippen molar-refractivity contribution >= 4 is 16.6 Å². The second kappa shape index (κ2) is 12.0. The smallest absolute Gasteiger partial charge is 0.119 e.